The quantitative estimate of drug-likeness (QED) is 0.709. The highest BCUT2D eigenvalue weighted by molar-refractivity contribution is 6.30. The van der Waals surface area contributed by atoms with Crippen LogP contribution in [0.25, 0.3) is 11.1 Å². The van der Waals surface area contributed by atoms with E-state index in [1.807, 2.05) is 36.7 Å². The molecule has 0 spiro atoms. The van der Waals surface area contributed by atoms with Crippen molar-refractivity contribution in [1.29, 1.82) is 0 Å². The number of aromatic amines is 1. The average molecular weight is 192 g/mol. The molecule has 0 amide bonds. The molecule has 66 valence electrons. The topological polar surface area (TPSA) is 15.8 Å². The van der Waals surface area contributed by atoms with E-state index in [0.717, 1.165) is 5.02 Å². The van der Waals surface area contributed by atoms with Crippen molar-refractivity contribution < 1.29 is 0 Å². The van der Waals surface area contributed by atoms with Crippen LogP contribution >= 0.6 is 11.6 Å². The van der Waals surface area contributed by atoms with Crippen LogP contribution in [0.2, 0.25) is 5.02 Å². The molecule has 0 bridgehead atoms. The minimum absolute atomic E-state index is 0.779. The van der Waals surface area contributed by atoms with Crippen LogP contribution in [-0.2, 0) is 0 Å². The molecule has 13 heavy (non-hydrogen) atoms. The molecule has 0 radical (unpaired) electrons. The number of halogens is 1. The number of nitrogens with one attached hydrogen (secondary N) is 1. The van der Waals surface area contributed by atoms with Gasteiger partial charge in [0.05, 0.1) is 0 Å². The van der Waals surface area contributed by atoms with Gasteiger partial charge in [0.1, 0.15) is 0 Å². The predicted octanol–water partition coefficient (Wildman–Crippen LogP) is 3.64. The molecule has 0 aliphatic rings. The van der Waals surface area contributed by atoms with E-state index in [9.17, 15) is 0 Å². The molecule has 0 unspecified atom stereocenters. The third-order valence-corrected chi connectivity index (χ3v) is 2.34. The van der Waals surface area contributed by atoms with Crippen LogP contribution < -0.4 is 0 Å². The zero-order valence-corrected chi connectivity index (χ0v) is 8.10. The van der Waals surface area contributed by atoms with Gasteiger partial charge in [-0.05, 0) is 41.8 Å². The Balaban J connectivity index is 2.57. The first-order valence-corrected chi connectivity index (χ1v) is 4.54. The first kappa shape index (κ1) is 8.39. The molecule has 1 N–H and O–H groups in total. The molecule has 0 atom stereocenters. The molecule has 2 heteroatoms. The lowest BCUT2D eigenvalue weighted by atomic mass is 10.0. The minimum Gasteiger partial charge on any atom is -0.367 e. The van der Waals surface area contributed by atoms with E-state index in [-0.39, 0.29) is 0 Å². The van der Waals surface area contributed by atoms with Crippen LogP contribution in [0.1, 0.15) is 5.56 Å². The first-order valence-electron chi connectivity index (χ1n) is 4.17. The van der Waals surface area contributed by atoms with Gasteiger partial charge in [-0.3, -0.25) is 0 Å². The lowest BCUT2D eigenvalue weighted by Gasteiger charge is -2.03. The second-order valence-corrected chi connectivity index (χ2v) is 3.50. The van der Waals surface area contributed by atoms with Crippen LogP contribution in [0.15, 0.2) is 36.7 Å². The van der Waals surface area contributed by atoms with Crippen molar-refractivity contribution in [1.82, 2.24) is 4.98 Å². The monoisotopic (exact) mass is 191 g/mol. The summed E-state index contributed by atoms with van der Waals surface area (Å²) in [4.78, 5) is 3.03. The average Bonchev–Trinajstić information content (AvgIpc) is 2.61. The highest BCUT2D eigenvalue weighted by Gasteiger charge is 2.01. The Hall–Kier alpha value is -1.21. The summed E-state index contributed by atoms with van der Waals surface area (Å²) in [5.74, 6) is 0. The maximum absolute atomic E-state index is 5.92. The normalized spacial score (nSPS) is 10.3. The molecular weight excluding hydrogens is 182 g/mol. The standard InChI is InChI=1S/C11H10ClN/c1-8-2-3-10(12)6-11(8)9-4-5-13-7-9/h2-7,13H,1H3. The smallest absolute Gasteiger partial charge is 0.0412 e. The van der Waals surface area contributed by atoms with Crippen LogP contribution in [0.3, 0.4) is 0 Å². The van der Waals surface area contributed by atoms with E-state index in [1.54, 1.807) is 0 Å². The molecule has 2 rings (SSSR count). The summed E-state index contributed by atoms with van der Waals surface area (Å²) in [6, 6.07) is 7.97. The van der Waals surface area contributed by atoms with Gasteiger partial charge < -0.3 is 4.98 Å². The Morgan fingerprint density at radius 3 is 2.77 bits per heavy atom. The Labute approximate surface area is 82.4 Å². The highest BCUT2D eigenvalue weighted by atomic mass is 35.5. The van der Waals surface area contributed by atoms with Crippen molar-refractivity contribution in [2.75, 3.05) is 0 Å². The largest absolute Gasteiger partial charge is 0.367 e. The fraction of sp³-hybridized carbons (Fsp3) is 0.0909. The lowest BCUT2D eigenvalue weighted by Crippen LogP contribution is -1.80. The Morgan fingerprint density at radius 1 is 1.23 bits per heavy atom. The molecule has 0 fully saturated rings. The molecule has 0 aliphatic carbocycles. The zero-order chi connectivity index (χ0) is 9.26. The minimum atomic E-state index is 0.779. The maximum atomic E-state index is 5.92. The van der Waals surface area contributed by atoms with E-state index < -0.39 is 0 Å². The summed E-state index contributed by atoms with van der Waals surface area (Å²) in [6.07, 6.45) is 3.88. The van der Waals surface area contributed by atoms with Gasteiger partial charge in [0.25, 0.3) is 0 Å². The van der Waals surface area contributed by atoms with E-state index in [4.69, 9.17) is 11.6 Å². The van der Waals surface area contributed by atoms with Crippen molar-refractivity contribution in [3.8, 4) is 11.1 Å². The molecule has 2 aromatic rings. The van der Waals surface area contributed by atoms with E-state index in [1.165, 1.54) is 16.7 Å². The van der Waals surface area contributed by atoms with Gasteiger partial charge in [-0.2, -0.15) is 0 Å². The number of hydrogen-bond donors (Lipinski definition) is 1. The van der Waals surface area contributed by atoms with Crippen molar-refractivity contribution in [2.24, 2.45) is 0 Å². The third-order valence-electron chi connectivity index (χ3n) is 2.11. The molecule has 0 aliphatic heterocycles. The molecule has 0 saturated carbocycles. The van der Waals surface area contributed by atoms with Crippen LogP contribution in [0.5, 0.6) is 0 Å². The summed E-state index contributed by atoms with van der Waals surface area (Å²) in [6.45, 7) is 2.08. The summed E-state index contributed by atoms with van der Waals surface area (Å²) in [5.41, 5.74) is 3.61. The fourth-order valence-electron chi connectivity index (χ4n) is 1.40. The fourth-order valence-corrected chi connectivity index (χ4v) is 1.57. The second-order valence-electron chi connectivity index (χ2n) is 3.06. The lowest BCUT2D eigenvalue weighted by molar-refractivity contribution is 1.41. The van der Waals surface area contributed by atoms with Crippen molar-refractivity contribution >= 4 is 11.6 Å². The number of hydrogen-bond acceptors (Lipinski definition) is 0. The van der Waals surface area contributed by atoms with Gasteiger partial charge >= 0.3 is 0 Å². The van der Waals surface area contributed by atoms with Gasteiger partial charge in [0.2, 0.25) is 0 Å². The summed E-state index contributed by atoms with van der Waals surface area (Å²) in [7, 11) is 0. The van der Waals surface area contributed by atoms with Gasteiger partial charge in [-0.1, -0.05) is 17.7 Å². The number of H-pyrrole nitrogens is 1. The first-order chi connectivity index (χ1) is 6.27. The van der Waals surface area contributed by atoms with Gasteiger partial charge in [0.15, 0.2) is 0 Å². The predicted molar refractivity (Wildman–Crippen MR) is 56.0 cm³/mol. The number of aryl methyl sites for hydroxylation is 1. The second kappa shape index (κ2) is 3.27. The van der Waals surface area contributed by atoms with Crippen LogP contribution in [0, 0.1) is 6.92 Å². The Morgan fingerprint density at radius 2 is 2.08 bits per heavy atom. The molecule has 1 aromatic heterocycles. The van der Waals surface area contributed by atoms with Crippen molar-refractivity contribution in [2.45, 2.75) is 6.92 Å². The van der Waals surface area contributed by atoms with Gasteiger partial charge in [-0.15, -0.1) is 0 Å². The molecule has 1 heterocycles. The Kier molecular flexibility index (Phi) is 2.11. The number of benzene rings is 1. The maximum Gasteiger partial charge on any atom is 0.0412 e. The van der Waals surface area contributed by atoms with E-state index in [0.29, 0.717) is 0 Å². The summed E-state index contributed by atoms with van der Waals surface area (Å²) < 4.78 is 0. The van der Waals surface area contributed by atoms with Crippen LogP contribution in [-0.4, -0.2) is 4.98 Å². The van der Waals surface area contributed by atoms with Crippen LogP contribution in [0.4, 0.5) is 0 Å². The molecule has 1 nitrogen and oxygen atoms in total. The number of aromatic nitrogens is 1. The molecule has 1 aromatic carbocycles. The van der Waals surface area contributed by atoms with Crippen molar-refractivity contribution in [3.63, 3.8) is 0 Å². The molecular formula is C11H10ClN. The van der Waals surface area contributed by atoms with E-state index >= 15 is 0 Å². The summed E-state index contributed by atoms with van der Waals surface area (Å²) >= 11 is 5.92. The zero-order valence-electron chi connectivity index (χ0n) is 7.34. The SMILES string of the molecule is Cc1ccc(Cl)cc1-c1cc[nH]c1. The van der Waals surface area contributed by atoms with E-state index in [2.05, 4.69) is 11.9 Å². The van der Waals surface area contributed by atoms with Gasteiger partial charge in [-0.25, -0.2) is 0 Å². The molecule has 0 saturated heterocycles. The number of rotatable bonds is 1. The van der Waals surface area contributed by atoms with Crippen molar-refractivity contribution in [3.05, 3.63) is 47.2 Å². The third kappa shape index (κ3) is 1.61. The van der Waals surface area contributed by atoms with Gasteiger partial charge in [0, 0.05) is 17.4 Å². The Bertz CT molecular complexity index is 404. The highest BCUT2D eigenvalue weighted by Crippen LogP contribution is 2.25. The summed E-state index contributed by atoms with van der Waals surface area (Å²) in [5, 5.41) is 0.779.